The molecule has 100 valence electrons. The standard InChI is InChI=1S/C15H28O2/c1-3-4-5-6-7-8-9-10-11-12-14(2)13-15(16)17/h2-13H2,1H3,(H,16,17). The molecule has 0 aromatic heterocycles. The predicted octanol–water partition coefficient (Wildman–Crippen LogP) is 4.94. The molecule has 2 heteroatoms. The lowest BCUT2D eigenvalue weighted by Gasteiger charge is -2.03. The number of aliphatic carboxylic acids is 1. The van der Waals surface area contributed by atoms with Crippen LogP contribution in [-0.2, 0) is 4.79 Å². The number of rotatable bonds is 12. The van der Waals surface area contributed by atoms with Crippen LogP contribution in [0.1, 0.15) is 77.6 Å². The van der Waals surface area contributed by atoms with Crippen LogP contribution in [0.15, 0.2) is 12.2 Å². The van der Waals surface area contributed by atoms with E-state index in [1.54, 1.807) is 0 Å². The van der Waals surface area contributed by atoms with E-state index in [9.17, 15) is 4.79 Å². The van der Waals surface area contributed by atoms with E-state index in [0.29, 0.717) is 0 Å². The lowest BCUT2D eigenvalue weighted by molar-refractivity contribution is -0.136. The number of carbonyl (C=O) groups is 1. The summed E-state index contributed by atoms with van der Waals surface area (Å²) < 4.78 is 0. The summed E-state index contributed by atoms with van der Waals surface area (Å²) in [5, 5.41) is 8.57. The molecule has 0 rings (SSSR count). The van der Waals surface area contributed by atoms with Gasteiger partial charge in [-0.25, -0.2) is 0 Å². The van der Waals surface area contributed by atoms with Crippen molar-refractivity contribution in [3.63, 3.8) is 0 Å². The predicted molar refractivity (Wildman–Crippen MR) is 73.2 cm³/mol. The molecule has 2 nitrogen and oxygen atoms in total. The van der Waals surface area contributed by atoms with Crippen LogP contribution >= 0.6 is 0 Å². The van der Waals surface area contributed by atoms with Gasteiger partial charge in [0.1, 0.15) is 0 Å². The van der Waals surface area contributed by atoms with Crippen LogP contribution in [0.25, 0.3) is 0 Å². The Morgan fingerprint density at radius 1 is 0.941 bits per heavy atom. The second-order valence-corrected chi connectivity index (χ2v) is 4.90. The smallest absolute Gasteiger partial charge is 0.307 e. The summed E-state index contributed by atoms with van der Waals surface area (Å²) in [5.74, 6) is -0.758. The molecule has 0 aliphatic carbocycles. The average molecular weight is 240 g/mol. The Morgan fingerprint density at radius 2 is 1.41 bits per heavy atom. The van der Waals surface area contributed by atoms with Crippen LogP contribution in [0.3, 0.4) is 0 Å². The Kier molecular flexibility index (Phi) is 11.1. The van der Waals surface area contributed by atoms with E-state index < -0.39 is 5.97 Å². The van der Waals surface area contributed by atoms with Gasteiger partial charge in [-0.05, 0) is 12.8 Å². The van der Waals surface area contributed by atoms with E-state index in [4.69, 9.17) is 5.11 Å². The van der Waals surface area contributed by atoms with Gasteiger partial charge < -0.3 is 5.11 Å². The largest absolute Gasteiger partial charge is 0.481 e. The zero-order valence-electron chi connectivity index (χ0n) is 11.3. The fourth-order valence-corrected chi connectivity index (χ4v) is 1.99. The number of hydrogen-bond acceptors (Lipinski definition) is 1. The average Bonchev–Trinajstić information content (AvgIpc) is 2.26. The lowest BCUT2D eigenvalue weighted by Crippen LogP contribution is -1.96. The highest BCUT2D eigenvalue weighted by Crippen LogP contribution is 2.13. The summed E-state index contributed by atoms with van der Waals surface area (Å²) >= 11 is 0. The minimum atomic E-state index is -0.758. The number of carboxylic acids is 1. The Labute approximate surface area is 106 Å². The second kappa shape index (κ2) is 11.7. The molecule has 0 aromatic carbocycles. The summed E-state index contributed by atoms with van der Waals surface area (Å²) in [7, 11) is 0. The van der Waals surface area contributed by atoms with Crippen molar-refractivity contribution in [1.82, 2.24) is 0 Å². The summed E-state index contributed by atoms with van der Waals surface area (Å²) in [5.41, 5.74) is 0.862. The third-order valence-corrected chi connectivity index (χ3v) is 3.04. The SMILES string of the molecule is C=C(CCCCCCCCCCC)CC(=O)O. The normalized spacial score (nSPS) is 10.4. The van der Waals surface area contributed by atoms with Gasteiger partial charge >= 0.3 is 5.97 Å². The van der Waals surface area contributed by atoms with Gasteiger partial charge in [0.15, 0.2) is 0 Å². The van der Waals surface area contributed by atoms with Gasteiger partial charge in [-0.3, -0.25) is 4.79 Å². The summed E-state index contributed by atoms with van der Waals surface area (Å²) in [6.07, 6.45) is 12.7. The van der Waals surface area contributed by atoms with Crippen LogP contribution in [0.5, 0.6) is 0 Å². The molecule has 0 saturated carbocycles. The van der Waals surface area contributed by atoms with E-state index in [0.717, 1.165) is 18.4 Å². The van der Waals surface area contributed by atoms with E-state index >= 15 is 0 Å². The van der Waals surface area contributed by atoms with Gasteiger partial charge in [-0.15, -0.1) is 0 Å². The minimum absolute atomic E-state index is 0.136. The topological polar surface area (TPSA) is 37.3 Å². The molecule has 0 fully saturated rings. The molecular formula is C15H28O2. The van der Waals surface area contributed by atoms with Crippen molar-refractivity contribution in [2.75, 3.05) is 0 Å². The molecule has 1 N–H and O–H groups in total. The van der Waals surface area contributed by atoms with Gasteiger partial charge in [0, 0.05) is 0 Å². The Morgan fingerprint density at radius 3 is 1.88 bits per heavy atom. The molecule has 17 heavy (non-hydrogen) atoms. The molecule has 0 aromatic rings. The first-order valence-electron chi connectivity index (χ1n) is 7.05. The highest BCUT2D eigenvalue weighted by atomic mass is 16.4. The van der Waals surface area contributed by atoms with Crippen LogP contribution < -0.4 is 0 Å². The monoisotopic (exact) mass is 240 g/mol. The van der Waals surface area contributed by atoms with Crippen molar-refractivity contribution >= 4 is 5.97 Å². The van der Waals surface area contributed by atoms with Crippen LogP contribution in [-0.4, -0.2) is 11.1 Å². The van der Waals surface area contributed by atoms with Gasteiger partial charge in [0.05, 0.1) is 6.42 Å². The van der Waals surface area contributed by atoms with E-state index in [1.807, 2.05) is 0 Å². The Hall–Kier alpha value is -0.790. The van der Waals surface area contributed by atoms with Gasteiger partial charge in [-0.2, -0.15) is 0 Å². The first-order chi connectivity index (χ1) is 8.16. The van der Waals surface area contributed by atoms with Crippen molar-refractivity contribution in [1.29, 1.82) is 0 Å². The first-order valence-corrected chi connectivity index (χ1v) is 7.05. The molecule has 0 aliphatic heterocycles. The molecule has 0 radical (unpaired) electrons. The van der Waals surface area contributed by atoms with Crippen molar-refractivity contribution < 1.29 is 9.90 Å². The molecule has 0 bridgehead atoms. The fourth-order valence-electron chi connectivity index (χ4n) is 1.99. The third-order valence-electron chi connectivity index (χ3n) is 3.04. The zero-order chi connectivity index (χ0) is 12.9. The van der Waals surface area contributed by atoms with E-state index in [1.165, 1.54) is 51.4 Å². The summed E-state index contributed by atoms with van der Waals surface area (Å²) in [6, 6.07) is 0. The quantitative estimate of drug-likeness (QED) is 0.387. The van der Waals surface area contributed by atoms with Crippen molar-refractivity contribution in [3.8, 4) is 0 Å². The van der Waals surface area contributed by atoms with Crippen LogP contribution in [0, 0.1) is 0 Å². The molecule has 0 spiro atoms. The van der Waals surface area contributed by atoms with E-state index in [-0.39, 0.29) is 6.42 Å². The first kappa shape index (κ1) is 16.2. The van der Waals surface area contributed by atoms with Gasteiger partial charge in [0.2, 0.25) is 0 Å². The van der Waals surface area contributed by atoms with Crippen molar-refractivity contribution in [3.05, 3.63) is 12.2 Å². The van der Waals surface area contributed by atoms with Crippen molar-refractivity contribution in [2.24, 2.45) is 0 Å². The molecule has 0 atom stereocenters. The fraction of sp³-hybridized carbons (Fsp3) is 0.800. The Bertz CT molecular complexity index is 209. The maximum atomic E-state index is 10.4. The van der Waals surface area contributed by atoms with Gasteiger partial charge in [0.25, 0.3) is 0 Å². The molecule has 0 unspecified atom stereocenters. The molecule has 0 heterocycles. The second-order valence-electron chi connectivity index (χ2n) is 4.90. The lowest BCUT2D eigenvalue weighted by atomic mass is 10.0. The number of hydrogen-bond donors (Lipinski definition) is 1. The number of unbranched alkanes of at least 4 members (excludes halogenated alkanes) is 8. The zero-order valence-corrected chi connectivity index (χ0v) is 11.3. The minimum Gasteiger partial charge on any atom is -0.481 e. The van der Waals surface area contributed by atoms with E-state index in [2.05, 4.69) is 13.5 Å². The van der Waals surface area contributed by atoms with Crippen LogP contribution in [0.4, 0.5) is 0 Å². The van der Waals surface area contributed by atoms with Gasteiger partial charge in [-0.1, -0.05) is 70.4 Å². The molecule has 0 amide bonds. The summed E-state index contributed by atoms with van der Waals surface area (Å²) in [6.45, 7) is 6.02. The molecule has 0 saturated heterocycles. The molecule has 0 aliphatic rings. The van der Waals surface area contributed by atoms with Crippen LogP contribution in [0.2, 0.25) is 0 Å². The number of carboxylic acid groups (broad SMARTS) is 1. The summed E-state index contributed by atoms with van der Waals surface area (Å²) in [4.78, 5) is 10.4. The Balaban J connectivity index is 3.13. The highest BCUT2D eigenvalue weighted by molar-refractivity contribution is 5.69. The maximum absolute atomic E-state index is 10.4. The molecular weight excluding hydrogens is 212 g/mol. The van der Waals surface area contributed by atoms with Crippen molar-refractivity contribution in [2.45, 2.75) is 77.6 Å². The third kappa shape index (κ3) is 13.1. The highest BCUT2D eigenvalue weighted by Gasteiger charge is 2.00. The maximum Gasteiger partial charge on any atom is 0.307 e.